The highest BCUT2D eigenvalue weighted by Gasteiger charge is 2.32. The van der Waals surface area contributed by atoms with E-state index in [-0.39, 0.29) is 18.5 Å². The van der Waals surface area contributed by atoms with E-state index in [1.54, 1.807) is 22.7 Å². The molecule has 0 radical (unpaired) electrons. The third-order valence-corrected chi connectivity index (χ3v) is 7.69. The molecular formula is C28H29N5O3. The normalized spacial score (nSPS) is 16.5. The minimum Gasteiger partial charge on any atom is -0.322 e. The summed E-state index contributed by atoms with van der Waals surface area (Å²) in [4.78, 5) is 47.7. The molecule has 1 amide bonds. The van der Waals surface area contributed by atoms with Crippen molar-refractivity contribution in [1.82, 2.24) is 18.7 Å². The summed E-state index contributed by atoms with van der Waals surface area (Å²) in [5.74, 6) is -0.253. The van der Waals surface area contributed by atoms with E-state index < -0.39 is 17.3 Å². The van der Waals surface area contributed by atoms with Gasteiger partial charge in [0, 0.05) is 18.3 Å². The van der Waals surface area contributed by atoms with Gasteiger partial charge >= 0.3 is 5.69 Å². The number of carbonyl (C=O) groups excluding carboxylic acids is 1. The van der Waals surface area contributed by atoms with Crippen LogP contribution in [-0.4, -0.2) is 31.1 Å². The summed E-state index contributed by atoms with van der Waals surface area (Å²) in [6.07, 6.45) is 6.60. The smallest absolute Gasteiger partial charge is 0.322 e. The number of carbonyl (C=O) groups is 1. The average Bonchev–Trinajstić information content (AvgIpc) is 3.66. The van der Waals surface area contributed by atoms with E-state index in [0.717, 1.165) is 53.5 Å². The lowest BCUT2D eigenvalue weighted by Gasteiger charge is -2.23. The van der Waals surface area contributed by atoms with Crippen molar-refractivity contribution in [2.45, 2.75) is 57.7 Å². The lowest BCUT2D eigenvalue weighted by Crippen LogP contribution is -2.47. The number of para-hydroxylation sites is 1. The van der Waals surface area contributed by atoms with Crippen LogP contribution < -0.4 is 16.1 Å². The summed E-state index contributed by atoms with van der Waals surface area (Å²) in [5.41, 5.74) is 2.69. The second-order valence-corrected chi connectivity index (χ2v) is 9.84. The maximum atomic E-state index is 13.9. The summed E-state index contributed by atoms with van der Waals surface area (Å²) < 4.78 is 4.62. The maximum absolute atomic E-state index is 13.9. The molecule has 4 aromatic rings. The van der Waals surface area contributed by atoms with Gasteiger partial charge in [-0.2, -0.15) is 0 Å². The van der Waals surface area contributed by atoms with Crippen LogP contribution in [0.5, 0.6) is 0 Å². The average molecular weight is 484 g/mol. The second kappa shape index (κ2) is 8.93. The van der Waals surface area contributed by atoms with Gasteiger partial charge in [0.05, 0.1) is 12.9 Å². The van der Waals surface area contributed by atoms with E-state index in [1.165, 1.54) is 0 Å². The number of hydrogen-bond acceptors (Lipinski definition) is 4. The molecule has 6 rings (SSSR count). The first-order chi connectivity index (χ1) is 17.5. The Morgan fingerprint density at radius 1 is 1.03 bits per heavy atom. The number of hydrogen-bond donors (Lipinski definition) is 0. The highest BCUT2D eigenvalue weighted by molar-refractivity contribution is 5.97. The number of fused-ring (bicyclic) bond motifs is 2. The Kier molecular flexibility index (Phi) is 5.59. The molecule has 0 saturated heterocycles. The monoisotopic (exact) mass is 483 g/mol. The Morgan fingerprint density at radius 3 is 2.53 bits per heavy atom. The van der Waals surface area contributed by atoms with Crippen LogP contribution in [0.15, 0.2) is 70.5 Å². The largest absolute Gasteiger partial charge is 0.333 e. The molecule has 1 atom stereocenters. The van der Waals surface area contributed by atoms with Crippen LogP contribution >= 0.6 is 0 Å². The molecule has 36 heavy (non-hydrogen) atoms. The van der Waals surface area contributed by atoms with Crippen LogP contribution in [0, 0.1) is 0 Å². The molecule has 184 valence electrons. The van der Waals surface area contributed by atoms with Crippen molar-refractivity contribution in [2.24, 2.45) is 0 Å². The molecule has 1 fully saturated rings. The van der Waals surface area contributed by atoms with Gasteiger partial charge in [-0.25, -0.2) is 14.3 Å². The van der Waals surface area contributed by atoms with Crippen molar-refractivity contribution in [1.29, 1.82) is 0 Å². The van der Waals surface area contributed by atoms with E-state index in [2.05, 4.69) is 4.98 Å². The standard InChI is InChI=1S/C28H29N5O3/c1-19(26(34)30-16-15-21-11-5-8-14-23(21)30)33-27(35)24-25(29-18-32(24)22-12-6-7-13-22)31(28(33)36)17-20-9-3-2-4-10-20/h2-5,8-11,14,18-19,22H,6-7,12-13,15-17H2,1H3/t19-/m1/s1. The third-order valence-electron chi connectivity index (χ3n) is 7.69. The molecule has 1 aliphatic carbocycles. The Labute approximate surface area is 208 Å². The van der Waals surface area contributed by atoms with E-state index in [4.69, 9.17) is 0 Å². The minimum atomic E-state index is -0.950. The summed E-state index contributed by atoms with van der Waals surface area (Å²) in [7, 11) is 0. The third kappa shape index (κ3) is 3.59. The van der Waals surface area contributed by atoms with Gasteiger partial charge in [0.25, 0.3) is 5.56 Å². The molecule has 1 aliphatic heterocycles. The van der Waals surface area contributed by atoms with Crippen molar-refractivity contribution in [3.05, 3.63) is 92.9 Å². The van der Waals surface area contributed by atoms with Crippen LogP contribution in [0.3, 0.4) is 0 Å². The highest BCUT2D eigenvalue weighted by atomic mass is 16.2. The Hall–Kier alpha value is -3.94. The summed E-state index contributed by atoms with van der Waals surface area (Å²) in [6, 6.07) is 16.7. The van der Waals surface area contributed by atoms with E-state index in [1.807, 2.05) is 59.2 Å². The molecule has 8 heteroatoms. The van der Waals surface area contributed by atoms with E-state index in [0.29, 0.717) is 17.7 Å². The number of nitrogens with zero attached hydrogens (tertiary/aromatic N) is 5. The van der Waals surface area contributed by atoms with Crippen molar-refractivity contribution in [2.75, 3.05) is 11.4 Å². The zero-order valence-electron chi connectivity index (χ0n) is 20.3. The molecule has 0 unspecified atom stereocenters. The van der Waals surface area contributed by atoms with Crippen LogP contribution in [0.25, 0.3) is 11.2 Å². The minimum absolute atomic E-state index is 0.176. The first kappa shape index (κ1) is 22.5. The van der Waals surface area contributed by atoms with Gasteiger partial charge in [0.15, 0.2) is 11.2 Å². The summed E-state index contributed by atoms with van der Waals surface area (Å²) in [6.45, 7) is 2.46. The summed E-state index contributed by atoms with van der Waals surface area (Å²) in [5, 5.41) is 0. The lowest BCUT2D eigenvalue weighted by molar-refractivity contribution is -0.121. The van der Waals surface area contributed by atoms with Crippen LogP contribution in [0.2, 0.25) is 0 Å². The number of aromatic nitrogens is 4. The predicted octanol–water partition coefficient (Wildman–Crippen LogP) is 3.67. The topological polar surface area (TPSA) is 82.1 Å². The van der Waals surface area contributed by atoms with E-state index in [9.17, 15) is 14.4 Å². The molecule has 8 nitrogen and oxygen atoms in total. The fourth-order valence-corrected chi connectivity index (χ4v) is 5.79. The lowest BCUT2D eigenvalue weighted by atomic mass is 10.2. The number of amides is 1. The maximum Gasteiger partial charge on any atom is 0.333 e. The first-order valence-corrected chi connectivity index (χ1v) is 12.7. The quantitative estimate of drug-likeness (QED) is 0.434. The molecule has 2 aromatic carbocycles. The van der Waals surface area contributed by atoms with Gasteiger partial charge in [-0.15, -0.1) is 0 Å². The number of imidazole rings is 1. The van der Waals surface area contributed by atoms with Gasteiger partial charge in [0.1, 0.15) is 6.04 Å². The Bertz CT molecular complexity index is 1560. The molecule has 0 spiro atoms. The summed E-state index contributed by atoms with van der Waals surface area (Å²) >= 11 is 0. The Balaban J connectivity index is 1.51. The molecule has 2 aliphatic rings. The molecule has 2 aromatic heterocycles. The van der Waals surface area contributed by atoms with Gasteiger partial charge in [-0.1, -0.05) is 61.4 Å². The predicted molar refractivity (Wildman–Crippen MR) is 139 cm³/mol. The van der Waals surface area contributed by atoms with Crippen molar-refractivity contribution in [3.63, 3.8) is 0 Å². The molecule has 1 saturated carbocycles. The Morgan fingerprint density at radius 2 is 1.75 bits per heavy atom. The van der Waals surface area contributed by atoms with Gasteiger partial charge < -0.3 is 9.47 Å². The first-order valence-electron chi connectivity index (χ1n) is 12.7. The van der Waals surface area contributed by atoms with Gasteiger partial charge in [-0.3, -0.25) is 14.2 Å². The van der Waals surface area contributed by atoms with Gasteiger partial charge in [0.2, 0.25) is 5.91 Å². The fourth-order valence-electron chi connectivity index (χ4n) is 5.79. The molecular weight excluding hydrogens is 454 g/mol. The molecule has 0 bridgehead atoms. The van der Waals surface area contributed by atoms with Crippen molar-refractivity contribution < 1.29 is 4.79 Å². The van der Waals surface area contributed by atoms with Crippen molar-refractivity contribution >= 4 is 22.8 Å². The van der Waals surface area contributed by atoms with Gasteiger partial charge in [-0.05, 0) is 43.4 Å². The second-order valence-electron chi connectivity index (χ2n) is 9.84. The molecule has 0 N–H and O–H groups in total. The number of rotatable bonds is 5. The highest BCUT2D eigenvalue weighted by Crippen LogP contribution is 2.32. The molecule has 3 heterocycles. The van der Waals surface area contributed by atoms with Crippen LogP contribution in [-0.2, 0) is 17.8 Å². The van der Waals surface area contributed by atoms with Crippen LogP contribution in [0.4, 0.5) is 5.69 Å². The zero-order chi connectivity index (χ0) is 24.8. The zero-order valence-corrected chi connectivity index (χ0v) is 20.3. The van der Waals surface area contributed by atoms with Crippen LogP contribution in [0.1, 0.15) is 55.8 Å². The fraction of sp³-hybridized carbons (Fsp3) is 0.357. The SMILES string of the molecule is C[C@H](C(=O)N1CCc2ccccc21)n1c(=O)c2c(ncn2C2CCCC2)n(Cc2ccccc2)c1=O. The van der Waals surface area contributed by atoms with Crippen molar-refractivity contribution in [3.8, 4) is 0 Å². The number of anilines is 1. The van der Waals surface area contributed by atoms with E-state index >= 15 is 0 Å². The number of benzene rings is 2.